The Kier molecular flexibility index (Phi) is 5.65. The van der Waals surface area contributed by atoms with Gasteiger partial charge in [0.2, 0.25) is 5.89 Å². The predicted molar refractivity (Wildman–Crippen MR) is 99.9 cm³/mol. The number of rotatable bonds is 5. The third-order valence-corrected chi connectivity index (χ3v) is 5.05. The average Bonchev–Trinajstić information content (AvgIpc) is 3.19. The summed E-state index contributed by atoms with van der Waals surface area (Å²) in [6.07, 6.45) is 1.50. The molecule has 1 fully saturated rings. The van der Waals surface area contributed by atoms with Crippen molar-refractivity contribution >= 4 is 5.82 Å². The Morgan fingerprint density at radius 3 is 2.46 bits per heavy atom. The third kappa shape index (κ3) is 3.57. The van der Waals surface area contributed by atoms with E-state index in [0.717, 1.165) is 17.4 Å². The van der Waals surface area contributed by atoms with Crippen LogP contribution in [0.25, 0.3) is 0 Å². The zero-order valence-electron chi connectivity index (χ0n) is 16.4. The largest absolute Gasteiger partial charge is 0.381 e. The van der Waals surface area contributed by atoms with Gasteiger partial charge in [0.15, 0.2) is 11.4 Å². The van der Waals surface area contributed by atoms with Crippen molar-refractivity contribution in [1.82, 2.24) is 19.3 Å². The highest BCUT2D eigenvalue weighted by Crippen LogP contribution is 2.33. The van der Waals surface area contributed by atoms with E-state index in [4.69, 9.17) is 9.26 Å². The van der Waals surface area contributed by atoms with E-state index in [9.17, 15) is 14.9 Å². The molecule has 1 aliphatic rings. The summed E-state index contributed by atoms with van der Waals surface area (Å²) in [7, 11) is 2.86. The molecule has 10 nitrogen and oxygen atoms in total. The molecule has 3 heterocycles. The lowest BCUT2D eigenvalue weighted by Gasteiger charge is -2.30. The van der Waals surface area contributed by atoms with Crippen LogP contribution in [0.2, 0.25) is 0 Å². The van der Waals surface area contributed by atoms with E-state index in [-0.39, 0.29) is 23.2 Å². The molecule has 0 radical (unpaired) electrons. The van der Waals surface area contributed by atoms with Gasteiger partial charge >= 0.3 is 5.69 Å². The van der Waals surface area contributed by atoms with Gasteiger partial charge in [-0.05, 0) is 18.8 Å². The summed E-state index contributed by atoms with van der Waals surface area (Å²) in [5, 5.41) is 16.7. The second-order valence-corrected chi connectivity index (χ2v) is 7.26. The molecule has 0 spiro atoms. The molecular weight excluding hydrogens is 364 g/mol. The van der Waals surface area contributed by atoms with Crippen molar-refractivity contribution in [2.75, 3.05) is 18.5 Å². The highest BCUT2D eigenvalue weighted by molar-refractivity contribution is 5.52. The van der Waals surface area contributed by atoms with E-state index in [1.54, 1.807) is 0 Å². The lowest BCUT2D eigenvalue weighted by Crippen LogP contribution is -2.41. The van der Waals surface area contributed by atoms with E-state index in [1.807, 2.05) is 19.9 Å². The first-order valence-corrected chi connectivity index (χ1v) is 9.23. The van der Waals surface area contributed by atoms with Crippen LogP contribution in [-0.4, -0.2) is 32.5 Å². The maximum Gasteiger partial charge on any atom is 0.332 e. The molecule has 1 aliphatic heterocycles. The van der Waals surface area contributed by atoms with Crippen molar-refractivity contribution in [3.05, 3.63) is 38.1 Å². The van der Waals surface area contributed by atoms with Crippen LogP contribution in [0.1, 0.15) is 55.9 Å². The SMILES string of the molecule is CC(C)c1noc([C@@H](Nc2c(C#N)c(=O)n(C)c(=O)n2C)C2CCOCC2)n1. The first kappa shape index (κ1) is 19.8. The maximum atomic E-state index is 12.4. The van der Waals surface area contributed by atoms with Crippen molar-refractivity contribution in [3.8, 4) is 6.07 Å². The van der Waals surface area contributed by atoms with E-state index < -0.39 is 17.3 Å². The second-order valence-electron chi connectivity index (χ2n) is 7.26. The zero-order chi connectivity index (χ0) is 20.4. The molecule has 0 saturated carbocycles. The predicted octanol–water partition coefficient (Wildman–Crippen LogP) is 1.04. The summed E-state index contributed by atoms with van der Waals surface area (Å²) in [6, 6.07) is 1.46. The number of nitrogens with one attached hydrogen (secondary N) is 1. The smallest absolute Gasteiger partial charge is 0.332 e. The van der Waals surface area contributed by atoms with Crippen molar-refractivity contribution in [2.45, 2.75) is 38.6 Å². The van der Waals surface area contributed by atoms with Crippen molar-refractivity contribution < 1.29 is 9.26 Å². The van der Waals surface area contributed by atoms with E-state index >= 15 is 0 Å². The molecule has 28 heavy (non-hydrogen) atoms. The van der Waals surface area contributed by atoms with Gasteiger partial charge in [0.25, 0.3) is 5.56 Å². The monoisotopic (exact) mass is 388 g/mol. The topological polar surface area (TPSA) is 128 Å². The van der Waals surface area contributed by atoms with E-state index in [2.05, 4.69) is 15.5 Å². The molecule has 2 aromatic rings. The van der Waals surface area contributed by atoms with Crippen LogP contribution in [0.4, 0.5) is 5.82 Å². The Bertz CT molecular complexity index is 1010. The number of ether oxygens (including phenoxy) is 1. The number of nitriles is 1. The molecular formula is C18H24N6O4. The Balaban J connectivity index is 2.09. The van der Waals surface area contributed by atoms with Crippen molar-refractivity contribution in [1.29, 1.82) is 5.26 Å². The van der Waals surface area contributed by atoms with E-state index in [0.29, 0.717) is 24.9 Å². The lowest BCUT2D eigenvalue weighted by atomic mass is 9.91. The lowest BCUT2D eigenvalue weighted by molar-refractivity contribution is 0.0570. The Labute approximate surface area is 161 Å². The molecule has 150 valence electrons. The quantitative estimate of drug-likeness (QED) is 0.805. The molecule has 1 saturated heterocycles. The molecule has 0 bridgehead atoms. The van der Waals surface area contributed by atoms with Gasteiger partial charge in [-0.3, -0.25) is 13.9 Å². The van der Waals surface area contributed by atoms with Crippen LogP contribution in [0.3, 0.4) is 0 Å². The number of hydrogen-bond acceptors (Lipinski definition) is 8. The minimum absolute atomic E-state index is 0.0833. The van der Waals surface area contributed by atoms with Gasteiger partial charge in [0.1, 0.15) is 17.9 Å². The minimum atomic E-state index is -0.646. The number of anilines is 1. The fourth-order valence-electron chi connectivity index (χ4n) is 3.30. The number of aromatic nitrogens is 4. The molecule has 0 aromatic carbocycles. The van der Waals surface area contributed by atoms with Gasteiger partial charge < -0.3 is 14.6 Å². The van der Waals surface area contributed by atoms with Crippen LogP contribution in [0.5, 0.6) is 0 Å². The maximum absolute atomic E-state index is 12.4. The summed E-state index contributed by atoms with van der Waals surface area (Å²) in [5.74, 6) is 1.27. The van der Waals surface area contributed by atoms with Gasteiger partial charge in [-0.2, -0.15) is 10.2 Å². The molecule has 0 amide bonds. The van der Waals surface area contributed by atoms with Crippen molar-refractivity contribution in [3.63, 3.8) is 0 Å². The van der Waals surface area contributed by atoms with E-state index in [1.165, 1.54) is 18.7 Å². The van der Waals surface area contributed by atoms with Gasteiger partial charge in [-0.15, -0.1) is 0 Å². The first-order valence-electron chi connectivity index (χ1n) is 9.23. The third-order valence-electron chi connectivity index (χ3n) is 5.05. The summed E-state index contributed by atoms with van der Waals surface area (Å²) in [4.78, 5) is 29.3. The summed E-state index contributed by atoms with van der Waals surface area (Å²) in [6.45, 7) is 5.11. The minimum Gasteiger partial charge on any atom is -0.381 e. The fraction of sp³-hybridized carbons (Fsp3) is 0.611. The van der Waals surface area contributed by atoms with Crippen LogP contribution in [0.15, 0.2) is 14.1 Å². The van der Waals surface area contributed by atoms with Crippen LogP contribution in [0, 0.1) is 17.2 Å². The Morgan fingerprint density at radius 2 is 1.89 bits per heavy atom. The summed E-state index contributed by atoms with van der Waals surface area (Å²) < 4.78 is 13.1. The fourth-order valence-corrected chi connectivity index (χ4v) is 3.30. The second kappa shape index (κ2) is 7.98. The highest BCUT2D eigenvalue weighted by Gasteiger charge is 2.32. The normalized spacial score (nSPS) is 16.1. The standard InChI is InChI=1S/C18H24N6O4/c1-10(2)14-21-16(28-22-14)13(11-5-7-27-8-6-11)20-15-12(9-19)17(25)24(4)18(26)23(15)3/h10-11,13,20H,5-8H2,1-4H3/t13-/m0/s1. The molecule has 0 aliphatic carbocycles. The molecule has 1 N–H and O–H groups in total. The average molecular weight is 388 g/mol. The van der Waals surface area contributed by atoms with Crippen LogP contribution >= 0.6 is 0 Å². The van der Waals surface area contributed by atoms with Gasteiger partial charge in [-0.25, -0.2) is 4.79 Å². The summed E-state index contributed by atoms with van der Waals surface area (Å²) >= 11 is 0. The van der Waals surface area contributed by atoms with Crippen LogP contribution in [-0.2, 0) is 18.8 Å². The number of hydrogen-bond donors (Lipinski definition) is 1. The van der Waals surface area contributed by atoms with Crippen LogP contribution < -0.4 is 16.6 Å². The van der Waals surface area contributed by atoms with Gasteiger partial charge in [0, 0.05) is 33.2 Å². The van der Waals surface area contributed by atoms with Gasteiger partial charge in [-0.1, -0.05) is 19.0 Å². The molecule has 0 unspecified atom stereocenters. The Morgan fingerprint density at radius 1 is 1.21 bits per heavy atom. The number of nitrogens with zero attached hydrogens (tertiary/aromatic N) is 5. The molecule has 2 aromatic heterocycles. The van der Waals surface area contributed by atoms with Crippen molar-refractivity contribution in [2.24, 2.45) is 20.0 Å². The summed E-state index contributed by atoms with van der Waals surface area (Å²) in [5.41, 5.74) is -1.30. The molecule has 3 rings (SSSR count). The molecule has 1 atom stereocenters. The first-order chi connectivity index (χ1) is 13.3. The molecule has 10 heteroatoms. The highest BCUT2D eigenvalue weighted by atomic mass is 16.5. The Hall–Kier alpha value is -2.93. The van der Waals surface area contributed by atoms with Gasteiger partial charge in [0.05, 0.1) is 0 Å². The zero-order valence-corrected chi connectivity index (χ0v) is 16.4.